The van der Waals surface area contributed by atoms with Gasteiger partial charge in [0.15, 0.2) is 0 Å². The molecule has 0 radical (unpaired) electrons. The second kappa shape index (κ2) is 12.6. The van der Waals surface area contributed by atoms with E-state index in [4.69, 9.17) is 4.74 Å². The van der Waals surface area contributed by atoms with Crippen molar-refractivity contribution in [2.75, 3.05) is 24.5 Å². The predicted molar refractivity (Wildman–Crippen MR) is 144 cm³/mol. The second-order valence-electron chi connectivity index (χ2n) is 8.72. The van der Waals surface area contributed by atoms with Crippen LogP contribution in [0.4, 0.5) is 10.1 Å². The summed E-state index contributed by atoms with van der Waals surface area (Å²) in [6.07, 6.45) is 0. The zero-order chi connectivity index (χ0) is 27.9. The number of ether oxygens (including phenoxy) is 1. The number of aryl methyl sites for hydroxylation is 1. The molecule has 3 aromatic rings. The van der Waals surface area contributed by atoms with E-state index < -0.39 is 40.2 Å². The third-order valence-electron chi connectivity index (χ3n) is 6.00. The molecule has 3 rings (SSSR count). The number of hydrogen-bond acceptors (Lipinski definition) is 5. The molecule has 1 atom stereocenters. The molecule has 2 amide bonds. The smallest absolute Gasteiger partial charge is 0.264 e. The van der Waals surface area contributed by atoms with Gasteiger partial charge in [-0.05, 0) is 68.3 Å². The number of benzene rings is 3. The third-order valence-corrected chi connectivity index (χ3v) is 7.77. The number of methoxy groups -OCH3 is 1. The molecular weight excluding hydrogens is 509 g/mol. The Morgan fingerprint density at radius 2 is 1.68 bits per heavy atom. The highest BCUT2D eigenvalue weighted by Crippen LogP contribution is 2.33. The average Bonchev–Trinajstić information content (AvgIpc) is 2.91. The first-order valence-electron chi connectivity index (χ1n) is 12.1. The van der Waals surface area contributed by atoms with Crippen molar-refractivity contribution in [1.82, 2.24) is 10.2 Å². The summed E-state index contributed by atoms with van der Waals surface area (Å²) in [5.41, 5.74) is 1.54. The average molecular weight is 542 g/mol. The fraction of sp³-hybridized carbons (Fsp3) is 0.286. The van der Waals surface area contributed by atoms with Gasteiger partial charge in [0.2, 0.25) is 11.8 Å². The van der Waals surface area contributed by atoms with Crippen LogP contribution in [0.3, 0.4) is 0 Å². The van der Waals surface area contributed by atoms with Crippen LogP contribution in [0.15, 0.2) is 77.7 Å². The van der Waals surface area contributed by atoms with E-state index in [0.29, 0.717) is 12.1 Å². The highest BCUT2D eigenvalue weighted by Gasteiger charge is 2.33. The number of carbonyl (C=O) groups excluding carboxylic acids is 2. The first-order chi connectivity index (χ1) is 18.1. The molecule has 0 spiro atoms. The number of nitrogens with one attached hydrogen (secondary N) is 1. The van der Waals surface area contributed by atoms with Crippen LogP contribution < -0.4 is 14.4 Å². The molecular formula is C28H32FN3O5S. The van der Waals surface area contributed by atoms with Gasteiger partial charge in [-0.2, -0.15) is 0 Å². The van der Waals surface area contributed by atoms with E-state index in [-0.39, 0.29) is 22.9 Å². The van der Waals surface area contributed by atoms with Gasteiger partial charge in [0, 0.05) is 13.1 Å². The topological polar surface area (TPSA) is 96.0 Å². The van der Waals surface area contributed by atoms with Crippen LogP contribution in [0.5, 0.6) is 5.75 Å². The number of halogens is 1. The van der Waals surface area contributed by atoms with Crippen LogP contribution in [-0.4, -0.2) is 51.4 Å². The molecule has 0 heterocycles. The Morgan fingerprint density at radius 1 is 1.03 bits per heavy atom. The molecule has 3 aromatic carbocycles. The van der Waals surface area contributed by atoms with Crippen molar-refractivity contribution < 1.29 is 27.1 Å². The number of anilines is 1. The lowest BCUT2D eigenvalue weighted by atomic mass is 10.1. The minimum atomic E-state index is -4.21. The van der Waals surface area contributed by atoms with Crippen molar-refractivity contribution in [3.63, 3.8) is 0 Å². The van der Waals surface area contributed by atoms with Gasteiger partial charge in [0.1, 0.15) is 24.2 Å². The molecule has 0 saturated heterocycles. The summed E-state index contributed by atoms with van der Waals surface area (Å²) >= 11 is 0. The van der Waals surface area contributed by atoms with Crippen molar-refractivity contribution in [1.29, 1.82) is 0 Å². The minimum absolute atomic E-state index is 0.00165. The van der Waals surface area contributed by atoms with Crippen molar-refractivity contribution in [2.24, 2.45) is 0 Å². The van der Waals surface area contributed by atoms with E-state index in [1.807, 2.05) is 0 Å². The number of hydrogen-bond donors (Lipinski definition) is 1. The summed E-state index contributed by atoms with van der Waals surface area (Å²) in [5.74, 6) is -1.18. The summed E-state index contributed by atoms with van der Waals surface area (Å²) in [6.45, 7) is 4.86. The number of amides is 2. The quantitative estimate of drug-likeness (QED) is 0.397. The molecule has 1 N–H and O–H groups in total. The Morgan fingerprint density at radius 3 is 2.29 bits per heavy atom. The minimum Gasteiger partial charge on any atom is -0.495 e. The second-order valence-corrected chi connectivity index (χ2v) is 10.6. The van der Waals surface area contributed by atoms with Gasteiger partial charge in [-0.25, -0.2) is 12.8 Å². The van der Waals surface area contributed by atoms with Crippen LogP contribution in [0.2, 0.25) is 0 Å². The van der Waals surface area contributed by atoms with Crippen LogP contribution in [0, 0.1) is 12.7 Å². The first kappa shape index (κ1) is 28.6. The van der Waals surface area contributed by atoms with Crippen LogP contribution >= 0.6 is 0 Å². The predicted octanol–water partition coefficient (Wildman–Crippen LogP) is 3.89. The largest absolute Gasteiger partial charge is 0.495 e. The molecule has 0 saturated carbocycles. The maximum Gasteiger partial charge on any atom is 0.264 e. The molecule has 202 valence electrons. The summed E-state index contributed by atoms with van der Waals surface area (Å²) in [4.78, 5) is 27.9. The lowest BCUT2D eigenvalue weighted by Gasteiger charge is -2.32. The Hall–Kier alpha value is -3.92. The Kier molecular flexibility index (Phi) is 9.46. The Labute approximate surface area is 223 Å². The summed E-state index contributed by atoms with van der Waals surface area (Å²) in [6, 6.07) is 17.5. The molecule has 0 aliphatic heterocycles. The third kappa shape index (κ3) is 6.69. The normalized spacial score (nSPS) is 11.9. The maximum absolute atomic E-state index is 13.9. The highest BCUT2D eigenvalue weighted by atomic mass is 32.2. The number of rotatable bonds is 11. The van der Waals surface area contributed by atoms with Gasteiger partial charge in [0.25, 0.3) is 10.0 Å². The Balaban J connectivity index is 2.08. The standard InChI is InChI=1S/C28H32FN3O5S/c1-5-30-28(34)21(3)31(18-22-12-14-23(29)15-13-22)27(33)19-32(25-17-20(2)11-16-26(25)37-4)38(35,36)24-9-7-6-8-10-24/h6-17,21H,5,18-19H2,1-4H3,(H,30,34)/t21-/m0/s1. The lowest BCUT2D eigenvalue weighted by Crippen LogP contribution is -2.51. The van der Waals surface area contributed by atoms with E-state index in [2.05, 4.69) is 5.32 Å². The summed E-state index contributed by atoms with van der Waals surface area (Å²) < 4.78 is 47.6. The number of sulfonamides is 1. The van der Waals surface area contributed by atoms with Crippen molar-refractivity contribution in [2.45, 2.75) is 38.3 Å². The Bertz CT molecular complexity index is 1360. The highest BCUT2D eigenvalue weighted by molar-refractivity contribution is 7.92. The van der Waals surface area contributed by atoms with Gasteiger partial charge in [-0.3, -0.25) is 13.9 Å². The van der Waals surface area contributed by atoms with Crippen LogP contribution in [-0.2, 0) is 26.2 Å². The maximum atomic E-state index is 13.9. The van der Waals surface area contributed by atoms with Gasteiger partial charge < -0.3 is 15.0 Å². The van der Waals surface area contributed by atoms with Crippen LogP contribution in [0.25, 0.3) is 0 Å². The SMILES string of the molecule is CCNC(=O)[C@H](C)N(Cc1ccc(F)cc1)C(=O)CN(c1cc(C)ccc1OC)S(=O)(=O)c1ccccc1. The molecule has 10 heteroatoms. The molecule has 38 heavy (non-hydrogen) atoms. The van der Waals surface area contributed by atoms with E-state index in [9.17, 15) is 22.4 Å². The first-order valence-corrected chi connectivity index (χ1v) is 13.6. The zero-order valence-electron chi connectivity index (χ0n) is 21.8. The molecule has 0 aromatic heterocycles. The van der Waals surface area contributed by atoms with E-state index in [1.54, 1.807) is 57.2 Å². The molecule has 0 fully saturated rings. The number of likely N-dealkylation sites (N-methyl/N-ethyl adjacent to an activating group) is 1. The number of carbonyl (C=O) groups is 2. The van der Waals surface area contributed by atoms with E-state index >= 15 is 0 Å². The zero-order valence-corrected chi connectivity index (χ0v) is 22.7. The fourth-order valence-electron chi connectivity index (χ4n) is 3.92. The van der Waals surface area contributed by atoms with E-state index in [1.165, 1.54) is 48.4 Å². The van der Waals surface area contributed by atoms with Gasteiger partial charge in [-0.1, -0.05) is 36.4 Å². The molecule has 0 aliphatic rings. The summed E-state index contributed by atoms with van der Waals surface area (Å²) in [5, 5.41) is 2.70. The molecule has 8 nitrogen and oxygen atoms in total. The summed E-state index contributed by atoms with van der Waals surface area (Å²) in [7, 11) is -2.79. The fourth-order valence-corrected chi connectivity index (χ4v) is 5.36. The van der Waals surface area contributed by atoms with Crippen LogP contribution in [0.1, 0.15) is 25.0 Å². The van der Waals surface area contributed by atoms with Crippen molar-refractivity contribution in [3.8, 4) is 5.75 Å². The van der Waals surface area contributed by atoms with Crippen molar-refractivity contribution >= 4 is 27.5 Å². The van der Waals surface area contributed by atoms with Gasteiger partial charge in [0.05, 0.1) is 17.7 Å². The molecule has 0 aliphatic carbocycles. The van der Waals surface area contributed by atoms with E-state index in [0.717, 1.165) is 9.87 Å². The molecule has 0 unspecified atom stereocenters. The van der Waals surface area contributed by atoms with Gasteiger partial charge >= 0.3 is 0 Å². The van der Waals surface area contributed by atoms with Gasteiger partial charge in [-0.15, -0.1) is 0 Å². The van der Waals surface area contributed by atoms with Crippen molar-refractivity contribution in [3.05, 3.63) is 89.7 Å². The number of nitrogens with zero attached hydrogens (tertiary/aromatic N) is 2. The monoisotopic (exact) mass is 541 g/mol. The lowest BCUT2D eigenvalue weighted by molar-refractivity contribution is -0.139. The molecule has 0 bridgehead atoms.